The largest absolute Gasteiger partial charge is 0.498 e. The number of hydrogen-bond donors (Lipinski definition) is 0. The molecular formula is C8H10O4. The molecule has 0 unspecified atom stereocenters. The Balaban J connectivity index is 2.87. The lowest BCUT2D eigenvalue weighted by atomic mass is 10.0. The predicted octanol–water partition coefficient (Wildman–Crippen LogP) is 0.0736. The van der Waals surface area contributed by atoms with E-state index in [4.69, 9.17) is 9.47 Å². The molecule has 0 N–H and O–H groups in total. The molecule has 1 aliphatic carbocycles. The maximum absolute atomic E-state index is 10.9. The van der Waals surface area contributed by atoms with Crippen molar-refractivity contribution in [2.24, 2.45) is 0 Å². The topological polar surface area (TPSA) is 52.6 Å². The number of hydrogen-bond acceptors (Lipinski definition) is 4. The number of ether oxygens (including phenoxy) is 2. The minimum Gasteiger partial charge on any atom is -0.498 e. The molecule has 0 radical (unpaired) electrons. The number of methoxy groups -OCH3 is 2. The molecule has 0 bridgehead atoms. The van der Waals surface area contributed by atoms with E-state index in [1.54, 1.807) is 0 Å². The van der Waals surface area contributed by atoms with Gasteiger partial charge in [0.2, 0.25) is 11.6 Å². The summed E-state index contributed by atoms with van der Waals surface area (Å²) < 4.78 is 9.82. The van der Waals surface area contributed by atoms with E-state index in [9.17, 15) is 9.59 Å². The Morgan fingerprint density at radius 2 is 2.08 bits per heavy atom. The van der Waals surface area contributed by atoms with Crippen molar-refractivity contribution in [1.29, 1.82) is 0 Å². The molecule has 12 heavy (non-hydrogen) atoms. The van der Waals surface area contributed by atoms with Gasteiger partial charge in [0.1, 0.15) is 11.9 Å². The first-order valence-electron chi connectivity index (χ1n) is 3.54. The third kappa shape index (κ3) is 1.53. The molecule has 0 heterocycles. The van der Waals surface area contributed by atoms with Crippen LogP contribution < -0.4 is 0 Å². The van der Waals surface area contributed by atoms with E-state index in [0.717, 1.165) is 0 Å². The Hall–Kier alpha value is -1.16. The van der Waals surface area contributed by atoms with Crippen molar-refractivity contribution in [2.45, 2.75) is 12.5 Å². The first-order chi connectivity index (χ1) is 5.69. The highest BCUT2D eigenvalue weighted by atomic mass is 16.5. The number of ketones is 2. The number of carbonyl (C=O) groups excluding carboxylic acids is 2. The van der Waals surface area contributed by atoms with E-state index in [1.165, 1.54) is 20.3 Å². The van der Waals surface area contributed by atoms with E-state index in [1.807, 2.05) is 0 Å². The minimum atomic E-state index is -0.514. The Bertz CT molecular complexity index is 241. The van der Waals surface area contributed by atoms with Crippen molar-refractivity contribution in [3.8, 4) is 0 Å². The van der Waals surface area contributed by atoms with Gasteiger partial charge >= 0.3 is 0 Å². The van der Waals surface area contributed by atoms with Crippen molar-refractivity contribution in [3.63, 3.8) is 0 Å². The van der Waals surface area contributed by atoms with Gasteiger partial charge in [0.05, 0.1) is 7.11 Å². The lowest BCUT2D eigenvalue weighted by molar-refractivity contribution is -0.136. The van der Waals surface area contributed by atoms with Gasteiger partial charge in [-0.2, -0.15) is 0 Å². The molecule has 0 saturated carbocycles. The van der Waals surface area contributed by atoms with Gasteiger partial charge in [-0.25, -0.2) is 0 Å². The predicted molar refractivity (Wildman–Crippen MR) is 40.5 cm³/mol. The van der Waals surface area contributed by atoms with Gasteiger partial charge in [0.25, 0.3) is 0 Å². The molecule has 4 heteroatoms. The van der Waals surface area contributed by atoms with Crippen LogP contribution in [0.25, 0.3) is 0 Å². The lowest BCUT2D eigenvalue weighted by Gasteiger charge is -2.19. The summed E-state index contributed by atoms with van der Waals surface area (Å²) in [5, 5.41) is 0. The highest BCUT2D eigenvalue weighted by Crippen LogP contribution is 2.16. The Morgan fingerprint density at radius 3 is 2.58 bits per heavy atom. The van der Waals surface area contributed by atoms with Crippen LogP contribution in [0.3, 0.4) is 0 Å². The van der Waals surface area contributed by atoms with E-state index >= 15 is 0 Å². The first-order valence-corrected chi connectivity index (χ1v) is 3.54. The summed E-state index contributed by atoms with van der Waals surface area (Å²) in [6, 6.07) is 0. The second-order valence-electron chi connectivity index (χ2n) is 2.47. The maximum Gasteiger partial charge on any atom is 0.224 e. The van der Waals surface area contributed by atoms with Crippen molar-refractivity contribution in [1.82, 2.24) is 0 Å². The fraction of sp³-hybridized carbons (Fsp3) is 0.500. The van der Waals surface area contributed by atoms with E-state index in [0.29, 0.717) is 5.76 Å². The fourth-order valence-electron chi connectivity index (χ4n) is 1.06. The molecular weight excluding hydrogens is 160 g/mol. The first kappa shape index (κ1) is 8.93. The van der Waals surface area contributed by atoms with Gasteiger partial charge in [-0.05, 0) is 0 Å². The number of carbonyl (C=O) groups is 2. The van der Waals surface area contributed by atoms with Gasteiger partial charge in [-0.1, -0.05) is 0 Å². The molecule has 0 aliphatic heterocycles. The number of Topliss-reactive ketones (excluding diaryl/α,β-unsaturated/α-hetero) is 1. The van der Waals surface area contributed by atoms with Crippen molar-refractivity contribution in [3.05, 3.63) is 11.8 Å². The van der Waals surface area contributed by atoms with Gasteiger partial charge in [-0.15, -0.1) is 0 Å². The quantitative estimate of drug-likeness (QED) is 0.550. The smallest absolute Gasteiger partial charge is 0.224 e. The number of allylic oxidation sites excluding steroid dienone is 1. The summed E-state index contributed by atoms with van der Waals surface area (Å²) in [6.45, 7) is 0. The molecule has 4 nitrogen and oxygen atoms in total. The number of rotatable bonds is 2. The third-order valence-corrected chi connectivity index (χ3v) is 1.76. The molecule has 1 aliphatic rings. The molecule has 0 aromatic rings. The van der Waals surface area contributed by atoms with Crippen LogP contribution in [0.2, 0.25) is 0 Å². The molecule has 66 valence electrons. The summed E-state index contributed by atoms with van der Waals surface area (Å²) in [5.41, 5.74) is 0. The maximum atomic E-state index is 10.9. The zero-order valence-corrected chi connectivity index (χ0v) is 6.99. The Labute approximate surface area is 70.1 Å². The summed E-state index contributed by atoms with van der Waals surface area (Å²) in [4.78, 5) is 21.8. The highest BCUT2D eigenvalue weighted by Gasteiger charge is 2.28. The zero-order valence-electron chi connectivity index (χ0n) is 6.99. The van der Waals surface area contributed by atoms with Crippen molar-refractivity contribution in [2.75, 3.05) is 14.2 Å². The van der Waals surface area contributed by atoms with Crippen LogP contribution in [0.1, 0.15) is 6.42 Å². The normalized spacial score (nSPS) is 23.8. The Morgan fingerprint density at radius 1 is 1.42 bits per heavy atom. The van der Waals surface area contributed by atoms with Gasteiger partial charge in [0.15, 0.2) is 0 Å². The van der Waals surface area contributed by atoms with Crippen molar-refractivity contribution < 1.29 is 19.1 Å². The summed E-state index contributed by atoms with van der Waals surface area (Å²) >= 11 is 0. The van der Waals surface area contributed by atoms with Gasteiger partial charge in [0, 0.05) is 19.6 Å². The molecule has 0 fully saturated rings. The van der Waals surface area contributed by atoms with Crippen LogP contribution in [0.4, 0.5) is 0 Å². The average molecular weight is 170 g/mol. The van der Waals surface area contributed by atoms with Crippen LogP contribution in [0.5, 0.6) is 0 Å². The van der Waals surface area contributed by atoms with Crippen LogP contribution in [-0.4, -0.2) is 31.9 Å². The minimum absolute atomic E-state index is 0.0784. The van der Waals surface area contributed by atoms with E-state index in [2.05, 4.69) is 0 Å². The molecule has 0 spiro atoms. The van der Waals surface area contributed by atoms with Crippen LogP contribution in [-0.2, 0) is 19.1 Å². The van der Waals surface area contributed by atoms with Crippen molar-refractivity contribution >= 4 is 11.6 Å². The SMILES string of the molecule is COC1=CC(=O)C(=O)C[C@H]1OC. The molecule has 0 aromatic heterocycles. The second kappa shape index (κ2) is 3.49. The summed E-state index contributed by atoms with van der Waals surface area (Å²) in [5.74, 6) is -0.523. The summed E-state index contributed by atoms with van der Waals surface area (Å²) in [7, 11) is 2.92. The van der Waals surface area contributed by atoms with Crippen LogP contribution in [0, 0.1) is 0 Å². The molecule has 0 aromatic carbocycles. The monoisotopic (exact) mass is 170 g/mol. The van der Waals surface area contributed by atoms with Crippen LogP contribution in [0.15, 0.2) is 11.8 Å². The molecule has 1 atom stereocenters. The van der Waals surface area contributed by atoms with Gasteiger partial charge in [-0.3, -0.25) is 9.59 Å². The molecule has 0 saturated heterocycles. The fourth-order valence-corrected chi connectivity index (χ4v) is 1.06. The van der Waals surface area contributed by atoms with Crippen LogP contribution >= 0.6 is 0 Å². The molecule has 1 rings (SSSR count). The zero-order chi connectivity index (χ0) is 9.14. The molecule has 0 amide bonds. The third-order valence-electron chi connectivity index (χ3n) is 1.76. The highest BCUT2D eigenvalue weighted by molar-refractivity contribution is 6.42. The lowest BCUT2D eigenvalue weighted by Crippen LogP contribution is -2.29. The van der Waals surface area contributed by atoms with Gasteiger partial charge < -0.3 is 9.47 Å². The van der Waals surface area contributed by atoms with E-state index < -0.39 is 17.7 Å². The summed E-state index contributed by atoms with van der Waals surface area (Å²) in [6.07, 6.45) is 0.856. The average Bonchev–Trinajstić information content (AvgIpc) is 2.09. The second-order valence-corrected chi connectivity index (χ2v) is 2.47. The Kier molecular flexibility index (Phi) is 2.60. The standard InChI is InChI=1S/C8H10O4/c1-11-7-3-5(9)6(10)4-8(7)12-2/h3,8H,4H2,1-2H3/t8-/m1/s1. The van der Waals surface area contributed by atoms with E-state index in [-0.39, 0.29) is 6.42 Å².